The molecule has 1 fully saturated rings. The average molecular weight is 587 g/mol. The molecule has 2 aliphatic heterocycles. The molecular formula is C33H38N4O6. The number of amides is 2. The fourth-order valence-electron chi connectivity index (χ4n) is 6.78. The van der Waals surface area contributed by atoms with Crippen LogP contribution >= 0.6 is 0 Å². The third-order valence-corrected chi connectivity index (χ3v) is 8.60. The zero-order valence-electron chi connectivity index (χ0n) is 25.1. The molecule has 0 spiro atoms. The molecule has 43 heavy (non-hydrogen) atoms. The van der Waals surface area contributed by atoms with E-state index in [2.05, 4.69) is 11.8 Å². The minimum absolute atomic E-state index is 0.0639. The maximum Gasteiger partial charge on any atom is 0.277 e. The molecule has 1 unspecified atom stereocenters. The van der Waals surface area contributed by atoms with Gasteiger partial charge in [-0.3, -0.25) is 24.6 Å². The fraction of sp³-hybridized carbons (Fsp3) is 0.394. The first kappa shape index (κ1) is 30.2. The number of nitrogens with zero attached hydrogens (tertiary/aromatic N) is 3. The second-order valence-electron chi connectivity index (χ2n) is 12.1. The second-order valence-corrected chi connectivity index (χ2v) is 12.1. The number of carbonyl (C=O) groups excluding carboxylic acids is 2. The SMILES string of the molecule is CC(=O)N1c2ccc(-c3c(C(N)=O)cccc3[N+](=O)[O-])cc2C(C)(c2ccc(OCCN3CCOCC3)cc2)CC1(C)C. The van der Waals surface area contributed by atoms with Gasteiger partial charge in [-0.2, -0.15) is 0 Å². The van der Waals surface area contributed by atoms with Gasteiger partial charge >= 0.3 is 0 Å². The Hall–Kier alpha value is -4.28. The Kier molecular flexibility index (Phi) is 8.27. The summed E-state index contributed by atoms with van der Waals surface area (Å²) in [5.41, 5.74) is 7.61. The standard InChI is InChI=1S/C33H38N4O6/c1-22(38)36-28-13-8-23(30-26(31(34)39)6-5-7-29(30)37(40)41)20-27(28)33(4,21-32(36,2)3)24-9-11-25(12-10-24)43-19-16-35-14-17-42-18-15-35/h5-13,20H,14-19,21H2,1-4H3,(H2,34,39). The molecule has 0 saturated carbocycles. The molecule has 5 rings (SSSR count). The molecule has 10 heteroatoms. The predicted molar refractivity (Wildman–Crippen MR) is 165 cm³/mol. The molecule has 1 saturated heterocycles. The van der Waals surface area contributed by atoms with Crippen LogP contribution in [0, 0.1) is 10.1 Å². The summed E-state index contributed by atoms with van der Waals surface area (Å²) in [6.07, 6.45) is 0.590. The van der Waals surface area contributed by atoms with E-state index in [9.17, 15) is 19.7 Å². The number of nitrogens with two attached hydrogens (primary N) is 1. The number of benzene rings is 3. The molecule has 2 N–H and O–H groups in total. The lowest BCUT2D eigenvalue weighted by Gasteiger charge is -2.51. The first-order valence-corrected chi connectivity index (χ1v) is 14.5. The van der Waals surface area contributed by atoms with Crippen molar-refractivity contribution in [2.45, 2.75) is 45.1 Å². The van der Waals surface area contributed by atoms with E-state index >= 15 is 0 Å². The molecule has 10 nitrogen and oxygen atoms in total. The Bertz CT molecular complexity index is 1520. The summed E-state index contributed by atoms with van der Waals surface area (Å²) in [5, 5.41) is 12.0. The Labute approximate surface area is 251 Å². The Morgan fingerprint density at radius 1 is 1.05 bits per heavy atom. The number of nitro benzene ring substituents is 1. The molecular weight excluding hydrogens is 548 g/mol. The summed E-state index contributed by atoms with van der Waals surface area (Å²) >= 11 is 0. The van der Waals surface area contributed by atoms with E-state index in [-0.39, 0.29) is 22.7 Å². The van der Waals surface area contributed by atoms with Gasteiger partial charge in [-0.15, -0.1) is 0 Å². The van der Waals surface area contributed by atoms with Crippen LogP contribution in [0.3, 0.4) is 0 Å². The van der Waals surface area contributed by atoms with Gasteiger partial charge in [-0.05, 0) is 67.3 Å². The van der Waals surface area contributed by atoms with Crippen LogP contribution < -0.4 is 15.4 Å². The van der Waals surface area contributed by atoms with Gasteiger partial charge in [-0.1, -0.05) is 31.2 Å². The maximum absolute atomic E-state index is 13.0. The van der Waals surface area contributed by atoms with E-state index in [4.69, 9.17) is 15.2 Å². The van der Waals surface area contributed by atoms with Gasteiger partial charge in [-0.25, -0.2) is 0 Å². The topological polar surface area (TPSA) is 128 Å². The molecule has 2 amide bonds. The van der Waals surface area contributed by atoms with E-state index in [1.54, 1.807) is 17.9 Å². The second kappa shape index (κ2) is 11.8. The lowest BCUT2D eigenvalue weighted by molar-refractivity contribution is -0.384. The predicted octanol–water partition coefficient (Wildman–Crippen LogP) is 4.91. The first-order chi connectivity index (χ1) is 20.4. The number of morpholine rings is 1. The van der Waals surface area contributed by atoms with Crippen LogP contribution in [0.5, 0.6) is 5.75 Å². The summed E-state index contributed by atoms with van der Waals surface area (Å²) in [7, 11) is 0. The monoisotopic (exact) mass is 586 g/mol. The Morgan fingerprint density at radius 2 is 1.74 bits per heavy atom. The zero-order chi connectivity index (χ0) is 30.9. The molecule has 2 aliphatic rings. The molecule has 0 radical (unpaired) electrons. The van der Waals surface area contributed by atoms with E-state index in [0.29, 0.717) is 18.6 Å². The third kappa shape index (κ3) is 5.85. The molecule has 226 valence electrons. The number of hydrogen-bond acceptors (Lipinski definition) is 7. The highest BCUT2D eigenvalue weighted by Crippen LogP contribution is 2.52. The minimum atomic E-state index is -0.755. The molecule has 0 bridgehead atoms. The number of rotatable bonds is 8. The van der Waals surface area contributed by atoms with Crippen LogP contribution in [0.15, 0.2) is 60.7 Å². The summed E-state index contributed by atoms with van der Waals surface area (Å²) < 4.78 is 11.5. The molecule has 2 heterocycles. The lowest BCUT2D eigenvalue weighted by Crippen LogP contribution is -2.55. The van der Waals surface area contributed by atoms with Gasteiger partial charge in [0, 0.05) is 49.3 Å². The van der Waals surface area contributed by atoms with Crippen LogP contribution in [0.1, 0.15) is 55.6 Å². The number of carbonyl (C=O) groups is 2. The molecule has 3 aromatic carbocycles. The highest BCUT2D eigenvalue weighted by atomic mass is 16.6. The number of nitro groups is 1. The van der Waals surface area contributed by atoms with Gasteiger partial charge in [0.05, 0.1) is 29.3 Å². The van der Waals surface area contributed by atoms with Crippen LogP contribution in [0.2, 0.25) is 0 Å². The number of anilines is 1. The van der Waals surface area contributed by atoms with Gasteiger partial charge in [0.15, 0.2) is 0 Å². The smallest absolute Gasteiger partial charge is 0.277 e. The Morgan fingerprint density at radius 3 is 2.37 bits per heavy atom. The van der Waals surface area contributed by atoms with E-state index < -0.39 is 21.8 Å². The fourth-order valence-corrected chi connectivity index (χ4v) is 6.78. The molecule has 0 aromatic heterocycles. The quantitative estimate of drug-likeness (QED) is 0.293. The van der Waals surface area contributed by atoms with Gasteiger partial charge < -0.3 is 20.1 Å². The van der Waals surface area contributed by atoms with Gasteiger partial charge in [0.1, 0.15) is 12.4 Å². The molecule has 3 aromatic rings. The van der Waals surface area contributed by atoms with Crippen LogP contribution in [-0.4, -0.2) is 66.6 Å². The van der Waals surface area contributed by atoms with Crippen molar-refractivity contribution in [1.29, 1.82) is 0 Å². The first-order valence-electron chi connectivity index (χ1n) is 14.5. The summed E-state index contributed by atoms with van der Waals surface area (Å²) in [4.78, 5) is 40.9. The van der Waals surface area contributed by atoms with E-state index in [1.165, 1.54) is 18.2 Å². The van der Waals surface area contributed by atoms with Gasteiger partial charge in [0.25, 0.3) is 5.69 Å². The average Bonchev–Trinajstić information content (AvgIpc) is 2.96. The number of ether oxygens (including phenoxy) is 2. The zero-order valence-corrected chi connectivity index (χ0v) is 25.1. The van der Waals surface area contributed by atoms with Crippen molar-refractivity contribution in [3.63, 3.8) is 0 Å². The highest BCUT2D eigenvalue weighted by Gasteiger charge is 2.47. The van der Waals surface area contributed by atoms with Crippen LogP contribution in [-0.2, 0) is 14.9 Å². The van der Waals surface area contributed by atoms with Crippen molar-refractivity contribution >= 4 is 23.2 Å². The summed E-state index contributed by atoms with van der Waals surface area (Å²) in [5.74, 6) is -0.0931. The van der Waals surface area contributed by atoms with E-state index in [1.807, 2.05) is 50.2 Å². The number of hydrogen-bond donors (Lipinski definition) is 1. The molecule has 0 aliphatic carbocycles. The number of primary amides is 1. The van der Waals surface area contributed by atoms with Crippen molar-refractivity contribution in [3.05, 3.63) is 87.5 Å². The third-order valence-electron chi connectivity index (χ3n) is 8.60. The maximum atomic E-state index is 13.0. The van der Waals surface area contributed by atoms with Crippen LogP contribution in [0.4, 0.5) is 11.4 Å². The largest absolute Gasteiger partial charge is 0.492 e. The summed E-state index contributed by atoms with van der Waals surface area (Å²) in [6.45, 7) is 12.4. The normalized spacial score (nSPS) is 19.9. The van der Waals surface area contributed by atoms with Crippen molar-refractivity contribution in [3.8, 4) is 16.9 Å². The van der Waals surface area contributed by atoms with Crippen molar-refractivity contribution in [2.24, 2.45) is 5.73 Å². The number of fused-ring (bicyclic) bond motifs is 1. The summed E-state index contributed by atoms with van der Waals surface area (Å²) in [6, 6.07) is 17.7. The Balaban J connectivity index is 1.56. The van der Waals surface area contributed by atoms with E-state index in [0.717, 1.165) is 55.4 Å². The lowest BCUT2D eigenvalue weighted by atomic mass is 9.64. The minimum Gasteiger partial charge on any atom is -0.492 e. The van der Waals surface area contributed by atoms with Gasteiger partial charge in [0.2, 0.25) is 11.8 Å². The van der Waals surface area contributed by atoms with Crippen molar-refractivity contribution < 1.29 is 24.0 Å². The molecule has 1 atom stereocenters. The highest BCUT2D eigenvalue weighted by molar-refractivity contribution is 6.03. The van der Waals surface area contributed by atoms with Crippen molar-refractivity contribution in [2.75, 3.05) is 44.4 Å². The van der Waals surface area contributed by atoms with Crippen LogP contribution in [0.25, 0.3) is 11.1 Å². The van der Waals surface area contributed by atoms with Crippen molar-refractivity contribution in [1.82, 2.24) is 4.90 Å².